The highest BCUT2D eigenvalue weighted by Crippen LogP contribution is 2.43. The predicted molar refractivity (Wildman–Crippen MR) is 338 cm³/mol. The zero-order valence-corrected chi connectivity index (χ0v) is 50.1. The quantitative estimate of drug-likeness (QED) is 0.0588. The fourth-order valence-corrected chi connectivity index (χ4v) is 10.5. The second-order valence-corrected chi connectivity index (χ2v) is 22.2. The average Bonchev–Trinajstić information content (AvgIpc) is 3.66. The van der Waals surface area contributed by atoms with Gasteiger partial charge >= 0.3 is 0 Å². The third-order valence-corrected chi connectivity index (χ3v) is 14.8. The monoisotopic (exact) mass is 1200 g/mol. The van der Waals surface area contributed by atoms with Crippen LogP contribution in [0.2, 0.25) is 20.1 Å². The molecule has 0 atom stereocenters. The van der Waals surface area contributed by atoms with E-state index in [-0.39, 0.29) is 49.3 Å². The maximum Gasteiger partial charge on any atom is 0.255 e. The molecule has 0 heterocycles. The maximum atomic E-state index is 14.2. The molecular formula is C68H64Cl4N4O8. The summed E-state index contributed by atoms with van der Waals surface area (Å²) in [6.45, 7) is 9.55. The molecule has 0 aliphatic heterocycles. The Bertz CT molecular complexity index is 3110. The topological polar surface area (TPSA) is 153 Å². The van der Waals surface area contributed by atoms with Gasteiger partial charge in [-0.3, -0.25) is 19.2 Å². The van der Waals surface area contributed by atoms with Crippen LogP contribution in [0.1, 0.15) is 139 Å². The lowest BCUT2D eigenvalue weighted by Crippen LogP contribution is -2.16. The van der Waals surface area contributed by atoms with E-state index >= 15 is 0 Å². The molecule has 16 heteroatoms. The molecule has 0 saturated carbocycles. The minimum atomic E-state index is -0.360. The second kappa shape index (κ2) is 28.5. The molecule has 1 aliphatic rings. The number of hydrogen-bond donors (Lipinski definition) is 4. The minimum absolute atomic E-state index is 0.191. The van der Waals surface area contributed by atoms with Crippen molar-refractivity contribution >= 4 is 92.8 Å². The van der Waals surface area contributed by atoms with Crippen LogP contribution in [0.15, 0.2) is 146 Å². The molecule has 12 nitrogen and oxygen atoms in total. The summed E-state index contributed by atoms with van der Waals surface area (Å²) in [6, 6.07) is 41.9. The van der Waals surface area contributed by atoms with Crippen molar-refractivity contribution in [3.63, 3.8) is 0 Å². The van der Waals surface area contributed by atoms with Gasteiger partial charge < -0.3 is 40.2 Å². The highest BCUT2D eigenvalue weighted by Gasteiger charge is 2.27. The summed E-state index contributed by atoms with van der Waals surface area (Å²) in [5.74, 6) is 0.864. The molecule has 8 aromatic rings. The van der Waals surface area contributed by atoms with E-state index in [1.165, 1.54) is 0 Å². The smallest absolute Gasteiger partial charge is 0.255 e. The third kappa shape index (κ3) is 15.4. The predicted octanol–water partition coefficient (Wildman–Crippen LogP) is 17.1. The maximum absolute atomic E-state index is 14.2. The van der Waals surface area contributed by atoms with E-state index in [9.17, 15) is 19.2 Å². The van der Waals surface area contributed by atoms with Crippen LogP contribution in [0.4, 0.5) is 22.7 Å². The zero-order chi connectivity index (χ0) is 59.3. The lowest BCUT2D eigenvalue weighted by atomic mass is 9.90. The Balaban J connectivity index is 1.34. The van der Waals surface area contributed by atoms with E-state index in [2.05, 4.69) is 21.3 Å². The molecule has 1 aliphatic carbocycles. The Kier molecular flexibility index (Phi) is 20.6. The molecule has 432 valence electrons. The van der Waals surface area contributed by atoms with Crippen molar-refractivity contribution in [3.8, 4) is 23.0 Å². The van der Waals surface area contributed by atoms with Gasteiger partial charge in [-0.15, -0.1) is 0 Å². The van der Waals surface area contributed by atoms with Gasteiger partial charge in [0.25, 0.3) is 23.6 Å². The number of carbonyl (C=O) groups excluding carboxylic acids is 4. The van der Waals surface area contributed by atoms with E-state index in [0.29, 0.717) is 185 Å². The number of hydrogen-bond acceptors (Lipinski definition) is 8. The Morgan fingerprint density at radius 3 is 0.631 bits per heavy atom. The largest absolute Gasteiger partial charge is 0.493 e. The van der Waals surface area contributed by atoms with Crippen LogP contribution in [-0.4, -0.2) is 50.1 Å². The molecule has 9 rings (SSSR count). The Morgan fingerprint density at radius 2 is 0.476 bits per heavy atom. The highest BCUT2D eigenvalue weighted by atomic mass is 35.5. The molecule has 0 unspecified atom stereocenters. The Hall–Kier alpha value is -8.00. The summed E-state index contributed by atoms with van der Waals surface area (Å²) < 4.78 is 27.5. The molecular weight excluding hydrogens is 1140 g/mol. The van der Waals surface area contributed by atoms with Crippen LogP contribution >= 0.6 is 46.4 Å². The lowest BCUT2D eigenvalue weighted by molar-refractivity contribution is 0.101. The summed E-state index contributed by atoms with van der Waals surface area (Å²) in [7, 11) is 0. The third-order valence-electron chi connectivity index (χ3n) is 13.8. The van der Waals surface area contributed by atoms with Crippen LogP contribution in [0.3, 0.4) is 0 Å². The molecule has 8 bridgehead atoms. The molecule has 0 fully saturated rings. The molecule has 8 aromatic carbocycles. The van der Waals surface area contributed by atoms with Crippen LogP contribution in [0, 0.1) is 0 Å². The summed E-state index contributed by atoms with van der Waals surface area (Å²) >= 11 is 25.1. The fourth-order valence-electron chi connectivity index (χ4n) is 9.95. The van der Waals surface area contributed by atoms with E-state index < -0.39 is 0 Å². The van der Waals surface area contributed by atoms with Crippen LogP contribution in [-0.2, 0) is 25.7 Å². The number of fused-ring (bicyclic) bond motifs is 8. The number of rotatable bonds is 20. The first-order chi connectivity index (χ1) is 40.7. The number of anilines is 4. The summed E-state index contributed by atoms with van der Waals surface area (Å²) in [6.07, 6.45) is 3.48. The fraction of sp³-hybridized carbons (Fsp3) is 0.235. The van der Waals surface area contributed by atoms with Crippen molar-refractivity contribution in [1.82, 2.24) is 0 Å². The van der Waals surface area contributed by atoms with Crippen molar-refractivity contribution in [3.05, 3.63) is 232 Å². The van der Waals surface area contributed by atoms with Gasteiger partial charge in [-0.05, 0) is 171 Å². The molecule has 4 amide bonds. The van der Waals surface area contributed by atoms with E-state index in [1.807, 2.05) is 76.2 Å². The number of benzene rings is 8. The summed E-state index contributed by atoms with van der Waals surface area (Å²) in [4.78, 5) is 56.9. The first-order valence-electron chi connectivity index (χ1n) is 28.1. The van der Waals surface area contributed by atoms with Crippen molar-refractivity contribution in [2.24, 2.45) is 0 Å². The van der Waals surface area contributed by atoms with Gasteiger partial charge in [0.2, 0.25) is 0 Å². The number of halogens is 4. The van der Waals surface area contributed by atoms with Crippen LogP contribution in [0.5, 0.6) is 23.0 Å². The molecule has 0 spiro atoms. The summed E-state index contributed by atoms with van der Waals surface area (Å²) in [5, 5.41) is 14.6. The van der Waals surface area contributed by atoms with Crippen molar-refractivity contribution in [2.45, 2.75) is 79.1 Å². The van der Waals surface area contributed by atoms with Gasteiger partial charge in [-0.2, -0.15) is 0 Å². The lowest BCUT2D eigenvalue weighted by Gasteiger charge is -2.25. The standard InChI is InChI=1S/C68H64Cl4N4O8/c1-5-25-81-61-45-29-47-35-58(74-66(78)42-11-19-54(70)20-12-42)37-49(62(47)82-26-6-2)31-51-39-60(76-68(80)44-15-23-56(72)24-16-44)40-52(64(51)84-28-8-4)32-50-38-59(75-67(79)43-13-21-55(71)22-14-43)36-48(63(50)83-27-7-3)30-46(61)34-57(33-45)73-65(77)41-9-17-53(69)18-10-41/h9-24,33-40H,5-8,25-32H2,1-4H3,(H,73,77)(H,74,78)(H,75,79)(H,76,80). The molecule has 4 N–H and O–H groups in total. The van der Waals surface area contributed by atoms with Crippen molar-refractivity contribution in [1.29, 1.82) is 0 Å². The zero-order valence-electron chi connectivity index (χ0n) is 47.1. The first-order valence-corrected chi connectivity index (χ1v) is 29.6. The second-order valence-electron chi connectivity index (χ2n) is 20.4. The normalized spacial score (nSPS) is 11.7. The number of amides is 4. The Morgan fingerprint density at radius 1 is 0.310 bits per heavy atom. The molecule has 0 radical (unpaired) electrons. The summed E-state index contributed by atoms with van der Waals surface area (Å²) in [5.41, 5.74) is 9.18. The molecule has 0 saturated heterocycles. The van der Waals surface area contributed by atoms with Crippen molar-refractivity contribution in [2.75, 3.05) is 47.7 Å². The number of ether oxygens (including phenoxy) is 4. The molecule has 84 heavy (non-hydrogen) atoms. The van der Waals surface area contributed by atoms with Gasteiger partial charge in [0.1, 0.15) is 23.0 Å². The number of carbonyl (C=O) groups is 4. The minimum Gasteiger partial charge on any atom is -0.493 e. The van der Waals surface area contributed by atoms with Crippen LogP contribution < -0.4 is 40.2 Å². The van der Waals surface area contributed by atoms with Gasteiger partial charge in [-0.25, -0.2) is 0 Å². The van der Waals surface area contributed by atoms with Gasteiger partial charge in [0.15, 0.2) is 0 Å². The molecule has 0 aromatic heterocycles. The van der Waals surface area contributed by atoms with Crippen molar-refractivity contribution < 1.29 is 38.1 Å². The van der Waals surface area contributed by atoms with Crippen LogP contribution in [0.25, 0.3) is 0 Å². The van der Waals surface area contributed by atoms with Gasteiger partial charge in [-0.1, -0.05) is 74.1 Å². The van der Waals surface area contributed by atoms with E-state index in [4.69, 9.17) is 65.4 Å². The number of nitrogens with one attached hydrogen (secondary N) is 4. The Labute approximate surface area is 510 Å². The van der Waals surface area contributed by atoms with Gasteiger partial charge in [0.05, 0.1) is 26.4 Å². The first kappa shape index (κ1) is 60.6. The SMILES string of the molecule is CCCOc1c2cc(NC(=O)c3ccc(Cl)cc3)cc1Cc1cc(NC(=O)c3ccc(Cl)cc3)cc(c1OCCC)Cc1cc(NC(=O)c3ccc(Cl)cc3)cc(c1OCCC)Cc1cc(NC(=O)c3ccc(Cl)cc3)cc(c1OCCC)C2. The highest BCUT2D eigenvalue weighted by molar-refractivity contribution is 6.31. The van der Waals surface area contributed by atoms with E-state index in [0.717, 1.165) is 0 Å². The van der Waals surface area contributed by atoms with Gasteiger partial charge in [0, 0.05) is 135 Å². The van der Waals surface area contributed by atoms with E-state index in [1.54, 1.807) is 97.1 Å². The average molecular weight is 1210 g/mol.